The van der Waals surface area contributed by atoms with Crippen molar-refractivity contribution in [3.8, 4) is 0 Å². The molecule has 1 aromatic heterocycles. The van der Waals surface area contributed by atoms with Crippen LogP contribution in [0.4, 0.5) is 6.01 Å². The number of hydrogen-bond acceptors (Lipinski definition) is 5. The number of nitrogens with one attached hydrogen (secondary N) is 1. The minimum atomic E-state index is -1.07. The van der Waals surface area contributed by atoms with Gasteiger partial charge in [0, 0.05) is 6.54 Å². The van der Waals surface area contributed by atoms with Gasteiger partial charge in [-0.1, -0.05) is 0 Å². The molecule has 2 heterocycles. The van der Waals surface area contributed by atoms with Gasteiger partial charge in [-0.3, -0.25) is 0 Å². The number of aromatic nitrogens is 1. The number of oxazole rings is 1. The second kappa shape index (κ2) is 4.57. The molecule has 5 nitrogen and oxygen atoms in total. The van der Waals surface area contributed by atoms with Crippen LogP contribution >= 0.6 is 11.8 Å². The number of hydrogen-bond donors (Lipinski definition) is 2. The predicted molar refractivity (Wildman–Crippen MR) is 57.4 cm³/mol. The van der Waals surface area contributed by atoms with E-state index in [4.69, 9.17) is 9.52 Å². The minimum absolute atomic E-state index is 0.0571. The van der Waals surface area contributed by atoms with Crippen LogP contribution in [0.2, 0.25) is 0 Å². The van der Waals surface area contributed by atoms with E-state index in [2.05, 4.69) is 10.3 Å². The van der Waals surface area contributed by atoms with E-state index in [0.717, 1.165) is 18.6 Å². The largest absolute Gasteiger partial charge is 0.476 e. The second-order valence-corrected chi connectivity index (χ2v) is 4.60. The Morgan fingerprint density at radius 2 is 2.67 bits per heavy atom. The maximum atomic E-state index is 10.5. The van der Waals surface area contributed by atoms with E-state index in [1.54, 1.807) is 0 Å². The lowest BCUT2D eigenvalue weighted by Gasteiger charge is -2.06. The molecular weight excluding hydrogens is 216 g/mol. The van der Waals surface area contributed by atoms with Crippen molar-refractivity contribution in [3.05, 3.63) is 12.0 Å². The van der Waals surface area contributed by atoms with Crippen molar-refractivity contribution in [2.75, 3.05) is 23.4 Å². The van der Waals surface area contributed by atoms with Crippen molar-refractivity contribution in [3.63, 3.8) is 0 Å². The number of anilines is 1. The van der Waals surface area contributed by atoms with Crippen molar-refractivity contribution in [2.45, 2.75) is 6.42 Å². The van der Waals surface area contributed by atoms with E-state index < -0.39 is 5.97 Å². The maximum absolute atomic E-state index is 10.5. The van der Waals surface area contributed by atoms with E-state index in [-0.39, 0.29) is 5.69 Å². The average molecular weight is 228 g/mol. The molecule has 0 aromatic carbocycles. The molecule has 0 radical (unpaired) electrons. The van der Waals surface area contributed by atoms with Crippen LogP contribution in [0.25, 0.3) is 0 Å². The zero-order valence-electron chi connectivity index (χ0n) is 8.10. The number of nitrogens with zero attached hydrogens (tertiary/aromatic N) is 1. The predicted octanol–water partition coefficient (Wildman–Crippen LogP) is 1.54. The Kier molecular flexibility index (Phi) is 3.15. The molecular formula is C9H12N2O3S. The van der Waals surface area contributed by atoms with Crippen LogP contribution in [-0.2, 0) is 0 Å². The van der Waals surface area contributed by atoms with E-state index >= 15 is 0 Å². The van der Waals surface area contributed by atoms with Crippen LogP contribution in [0.15, 0.2) is 10.7 Å². The molecule has 15 heavy (non-hydrogen) atoms. The fraction of sp³-hybridized carbons (Fsp3) is 0.556. The lowest BCUT2D eigenvalue weighted by atomic mass is 10.1. The van der Waals surface area contributed by atoms with Crippen LogP contribution in [0.3, 0.4) is 0 Å². The van der Waals surface area contributed by atoms with Crippen LogP contribution < -0.4 is 5.32 Å². The summed E-state index contributed by atoms with van der Waals surface area (Å²) in [4.78, 5) is 14.3. The van der Waals surface area contributed by atoms with Crippen molar-refractivity contribution >= 4 is 23.7 Å². The molecule has 2 N–H and O–H groups in total. The monoisotopic (exact) mass is 228 g/mol. The summed E-state index contributed by atoms with van der Waals surface area (Å²) in [7, 11) is 0. The Hall–Kier alpha value is -1.17. The Labute approximate surface area is 91.3 Å². The standard InChI is InChI=1S/C9H12N2O3S/c12-8(13)7-4-14-9(11-7)10-3-6-1-2-15-5-6/h4,6H,1-3,5H2,(H,10,11)(H,12,13). The lowest BCUT2D eigenvalue weighted by molar-refractivity contribution is 0.0690. The van der Waals surface area contributed by atoms with Crippen LogP contribution in [0.5, 0.6) is 0 Å². The van der Waals surface area contributed by atoms with Crippen molar-refractivity contribution in [1.82, 2.24) is 4.98 Å². The smallest absolute Gasteiger partial charge is 0.357 e. The van der Waals surface area contributed by atoms with Crippen LogP contribution in [-0.4, -0.2) is 34.1 Å². The first-order chi connectivity index (χ1) is 7.25. The zero-order valence-corrected chi connectivity index (χ0v) is 8.92. The highest BCUT2D eigenvalue weighted by molar-refractivity contribution is 7.99. The van der Waals surface area contributed by atoms with Gasteiger partial charge in [-0.25, -0.2) is 4.79 Å². The van der Waals surface area contributed by atoms with Gasteiger partial charge in [0.05, 0.1) is 0 Å². The maximum Gasteiger partial charge on any atom is 0.357 e. The molecule has 0 spiro atoms. The van der Waals surface area contributed by atoms with Crippen LogP contribution in [0, 0.1) is 5.92 Å². The van der Waals surface area contributed by atoms with E-state index in [1.165, 1.54) is 12.2 Å². The Morgan fingerprint density at radius 1 is 1.80 bits per heavy atom. The summed E-state index contributed by atoms with van der Waals surface area (Å²) in [6.45, 7) is 0.798. The minimum Gasteiger partial charge on any atom is -0.476 e. The fourth-order valence-electron chi connectivity index (χ4n) is 1.43. The van der Waals surface area contributed by atoms with Gasteiger partial charge in [-0.05, 0) is 23.8 Å². The van der Waals surface area contributed by atoms with Crippen molar-refractivity contribution in [2.24, 2.45) is 5.92 Å². The third-order valence-electron chi connectivity index (χ3n) is 2.29. The first-order valence-electron chi connectivity index (χ1n) is 4.76. The van der Waals surface area contributed by atoms with Crippen molar-refractivity contribution in [1.29, 1.82) is 0 Å². The lowest BCUT2D eigenvalue weighted by Crippen LogP contribution is -2.13. The van der Waals surface area contributed by atoms with Gasteiger partial charge >= 0.3 is 5.97 Å². The third kappa shape index (κ3) is 2.65. The molecule has 2 rings (SSSR count). The first-order valence-corrected chi connectivity index (χ1v) is 5.91. The quantitative estimate of drug-likeness (QED) is 0.814. The van der Waals surface area contributed by atoms with Gasteiger partial charge in [0.2, 0.25) is 0 Å². The molecule has 0 bridgehead atoms. The molecule has 1 fully saturated rings. The number of thioether (sulfide) groups is 1. The summed E-state index contributed by atoms with van der Waals surface area (Å²) in [6, 6.07) is 0.296. The van der Waals surface area contributed by atoms with E-state index in [0.29, 0.717) is 11.9 Å². The molecule has 0 saturated carbocycles. The van der Waals surface area contributed by atoms with Gasteiger partial charge in [-0.2, -0.15) is 16.7 Å². The molecule has 6 heteroatoms. The average Bonchev–Trinajstić information content (AvgIpc) is 2.86. The highest BCUT2D eigenvalue weighted by Gasteiger charge is 2.16. The van der Waals surface area contributed by atoms with Gasteiger partial charge in [0.1, 0.15) is 6.26 Å². The van der Waals surface area contributed by atoms with Gasteiger partial charge in [0.25, 0.3) is 6.01 Å². The van der Waals surface area contributed by atoms with Gasteiger partial charge in [-0.15, -0.1) is 0 Å². The summed E-state index contributed by atoms with van der Waals surface area (Å²) < 4.78 is 4.98. The van der Waals surface area contributed by atoms with E-state index in [9.17, 15) is 4.79 Å². The first kappa shape index (κ1) is 10.4. The highest BCUT2D eigenvalue weighted by Crippen LogP contribution is 2.23. The number of carbonyl (C=O) groups is 1. The second-order valence-electron chi connectivity index (χ2n) is 3.45. The zero-order chi connectivity index (χ0) is 10.7. The molecule has 1 aliphatic rings. The number of aromatic carboxylic acids is 1. The van der Waals surface area contributed by atoms with Crippen molar-refractivity contribution < 1.29 is 14.3 Å². The molecule has 82 valence electrons. The highest BCUT2D eigenvalue weighted by atomic mass is 32.2. The Morgan fingerprint density at radius 3 is 3.27 bits per heavy atom. The molecule has 1 aromatic rings. The molecule has 0 amide bonds. The summed E-state index contributed by atoms with van der Waals surface area (Å²) in [5, 5.41) is 11.6. The van der Waals surface area contributed by atoms with Gasteiger partial charge < -0.3 is 14.8 Å². The summed E-state index contributed by atoms with van der Waals surface area (Å²) in [5.41, 5.74) is -0.0571. The third-order valence-corrected chi connectivity index (χ3v) is 3.52. The Balaban J connectivity index is 1.84. The Bertz CT molecular complexity index is 347. The summed E-state index contributed by atoms with van der Waals surface area (Å²) in [5.74, 6) is 1.93. The van der Waals surface area contributed by atoms with Gasteiger partial charge in [0.15, 0.2) is 5.69 Å². The molecule has 1 saturated heterocycles. The molecule has 1 unspecified atom stereocenters. The number of carboxylic acids is 1. The normalized spacial score (nSPS) is 20.4. The molecule has 0 aliphatic carbocycles. The summed E-state index contributed by atoms with van der Waals surface area (Å²) >= 11 is 1.94. The summed E-state index contributed by atoms with van der Waals surface area (Å²) in [6.07, 6.45) is 2.35. The fourth-order valence-corrected chi connectivity index (χ4v) is 2.71. The molecule has 1 aliphatic heterocycles. The number of rotatable bonds is 4. The SMILES string of the molecule is O=C(O)c1coc(NCC2CCSC2)n1. The molecule has 1 atom stereocenters. The number of carboxylic acid groups (broad SMARTS) is 1. The topological polar surface area (TPSA) is 75.4 Å². The van der Waals surface area contributed by atoms with Crippen LogP contribution in [0.1, 0.15) is 16.9 Å². The van der Waals surface area contributed by atoms with E-state index in [1.807, 2.05) is 11.8 Å².